The number of tetrazole rings is 1. The molecule has 0 aliphatic carbocycles. The lowest BCUT2D eigenvalue weighted by molar-refractivity contribution is 0.477. The van der Waals surface area contributed by atoms with E-state index in [0.29, 0.717) is 0 Å². The molecule has 0 saturated carbocycles. The molecule has 0 aliphatic rings. The summed E-state index contributed by atoms with van der Waals surface area (Å²) in [5, 5.41) is 12.5. The highest BCUT2D eigenvalue weighted by atomic mass is 79.9. The second-order valence-corrected chi connectivity index (χ2v) is 8.99. The third-order valence-corrected chi connectivity index (χ3v) is 5.12. The van der Waals surface area contributed by atoms with Crippen LogP contribution in [-0.4, -0.2) is 25.2 Å². The number of halogens is 1. The van der Waals surface area contributed by atoms with E-state index in [1.165, 1.54) is 11.8 Å². The fourth-order valence-corrected chi connectivity index (χ4v) is 5.00. The molecule has 0 saturated heterocycles. The molecule has 2 aromatic heterocycles. The Hall–Kier alpha value is -0.470. The van der Waals surface area contributed by atoms with Gasteiger partial charge in [0.05, 0.1) is 15.5 Å². The van der Waals surface area contributed by atoms with E-state index in [-0.39, 0.29) is 11.5 Å². The maximum Gasteiger partial charge on any atom is 0.216 e. The van der Waals surface area contributed by atoms with Crippen molar-refractivity contribution in [2.75, 3.05) is 0 Å². The van der Waals surface area contributed by atoms with Crippen LogP contribution in [0, 0.1) is 0 Å². The van der Waals surface area contributed by atoms with Crippen molar-refractivity contribution in [1.29, 1.82) is 0 Å². The molecule has 8 heteroatoms. The van der Waals surface area contributed by atoms with Gasteiger partial charge in [-0.1, -0.05) is 32.1 Å². The first-order chi connectivity index (χ1) is 8.79. The van der Waals surface area contributed by atoms with Gasteiger partial charge in [0.15, 0.2) is 4.34 Å². The molecule has 2 heterocycles. The van der Waals surface area contributed by atoms with Crippen LogP contribution in [0.1, 0.15) is 46.4 Å². The van der Waals surface area contributed by atoms with E-state index in [2.05, 4.69) is 71.1 Å². The predicted octanol–water partition coefficient (Wildman–Crippen LogP) is 3.92. The quantitative estimate of drug-likeness (QED) is 0.828. The lowest BCUT2D eigenvalue weighted by Gasteiger charge is -2.15. The minimum Gasteiger partial charge on any atom is -0.232 e. The molecule has 0 radical (unpaired) electrons. The second kappa shape index (κ2) is 5.49. The standard InChI is InChI=1S/C11H16BrN5S2/c1-6(2)17-9(14-15-16-17)19-10-13-7(8(12)18-10)11(3,4)5/h6H,1-5H3. The first-order valence-corrected chi connectivity index (χ1v) is 8.34. The first-order valence-electron chi connectivity index (χ1n) is 5.91. The highest BCUT2D eigenvalue weighted by Gasteiger charge is 2.23. The van der Waals surface area contributed by atoms with E-state index in [9.17, 15) is 0 Å². The third-order valence-electron chi connectivity index (χ3n) is 2.41. The van der Waals surface area contributed by atoms with Gasteiger partial charge in [-0.3, -0.25) is 0 Å². The van der Waals surface area contributed by atoms with Crippen LogP contribution in [0.25, 0.3) is 0 Å². The van der Waals surface area contributed by atoms with Crippen molar-refractivity contribution >= 4 is 39.0 Å². The van der Waals surface area contributed by atoms with E-state index < -0.39 is 0 Å². The molecule has 0 N–H and O–H groups in total. The number of aromatic nitrogens is 5. The van der Waals surface area contributed by atoms with Gasteiger partial charge >= 0.3 is 0 Å². The van der Waals surface area contributed by atoms with Crippen molar-refractivity contribution in [3.63, 3.8) is 0 Å². The number of nitrogens with zero attached hydrogens (tertiary/aromatic N) is 5. The normalized spacial score (nSPS) is 12.4. The van der Waals surface area contributed by atoms with Crippen LogP contribution in [0.4, 0.5) is 0 Å². The van der Waals surface area contributed by atoms with Crippen LogP contribution in [0.2, 0.25) is 0 Å². The van der Waals surface area contributed by atoms with E-state index in [4.69, 9.17) is 0 Å². The lowest BCUT2D eigenvalue weighted by atomic mass is 9.93. The molecule has 0 unspecified atom stereocenters. The minimum absolute atomic E-state index is 0.0259. The Morgan fingerprint density at radius 2 is 2.00 bits per heavy atom. The summed E-state index contributed by atoms with van der Waals surface area (Å²) in [5.74, 6) is 0. The van der Waals surface area contributed by atoms with Gasteiger partial charge in [-0.15, -0.1) is 5.10 Å². The van der Waals surface area contributed by atoms with Crippen LogP contribution in [-0.2, 0) is 5.41 Å². The fourth-order valence-electron chi connectivity index (χ4n) is 1.44. The van der Waals surface area contributed by atoms with Crippen molar-refractivity contribution in [2.45, 2.75) is 55.6 Å². The van der Waals surface area contributed by atoms with Gasteiger partial charge in [-0.2, -0.15) is 0 Å². The molecule has 0 spiro atoms. The monoisotopic (exact) mass is 361 g/mol. The number of rotatable bonds is 3. The van der Waals surface area contributed by atoms with Crippen LogP contribution in [0.5, 0.6) is 0 Å². The Morgan fingerprint density at radius 1 is 1.32 bits per heavy atom. The van der Waals surface area contributed by atoms with Crippen molar-refractivity contribution < 1.29 is 0 Å². The average Bonchev–Trinajstić information content (AvgIpc) is 2.84. The summed E-state index contributed by atoms with van der Waals surface area (Å²) >= 11 is 6.71. The number of thiazole rings is 1. The Morgan fingerprint density at radius 3 is 2.53 bits per heavy atom. The molecule has 104 valence electrons. The van der Waals surface area contributed by atoms with Crippen molar-refractivity contribution in [1.82, 2.24) is 25.2 Å². The highest BCUT2D eigenvalue weighted by molar-refractivity contribution is 9.11. The molecule has 0 aliphatic heterocycles. The summed E-state index contributed by atoms with van der Waals surface area (Å²) in [6, 6.07) is 0.239. The van der Waals surface area contributed by atoms with E-state index in [1.807, 2.05) is 0 Å². The summed E-state index contributed by atoms with van der Waals surface area (Å²) in [7, 11) is 0. The Balaban J connectivity index is 2.27. The summed E-state index contributed by atoms with van der Waals surface area (Å²) in [5.41, 5.74) is 1.10. The van der Waals surface area contributed by atoms with E-state index in [0.717, 1.165) is 19.0 Å². The minimum atomic E-state index is 0.0259. The van der Waals surface area contributed by atoms with Gasteiger partial charge in [-0.05, 0) is 52.0 Å². The van der Waals surface area contributed by atoms with E-state index >= 15 is 0 Å². The molecule has 2 rings (SSSR count). The number of hydrogen-bond donors (Lipinski definition) is 0. The molecule has 2 aromatic rings. The van der Waals surface area contributed by atoms with Gasteiger partial charge in [0.25, 0.3) is 0 Å². The van der Waals surface area contributed by atoms with Crippen molar-refractivity contribution in [2.24, 2.45) is 0 Å². The molecule has 0 fully saturated rings. The summed E-state index contributed by atoms with van der Waals surface area (Å²) < 4.78 is 3.83. The summed E-state index contributed by atoms with van der Waals surface area (Å²) in [4.78, 5) is 4.68. The Kier molecular flexibility index (Phi) is 4.32. The zero-order valence-corrected chi connectivity index (χ0v) is 14.7. The average molecular weight is 362 g/mol. The predicted molar refractivity (Wildman–Crippen MR) is 80.8 cm³/mol. The largest absolute Gasteiger partial charge is 0.232 e. The summed E-state index contributed by atoms with van der Waals surface area (Å²) in [6.07, 6.45) is 0. The third kappa shape index (κ3) is 3.35. The topological polar surface area (TPSA) is 56.5 Å². The summed E-state index contributed by atoms with van der Waals surface area (Å²) in [6.45, 7) is 10.6. The van der Waals surface area contributed by atoms with Gasteiger partial charge in [0, 0.05) is 5.41 Å². The zero-order valence-electron chi connectivity index (χ0n) is 11.5. The SMILES string of the molecule is CC(C)n1nnnc1Sc1nc(C(C)(C)C)c(Br)s1. The lowest BCUT2D eigenvalue weighted by Crippen LogP contribution is -2.12. The molecule has 5 nitrogen and oxygen atoms in total. The van der Waals surface area contributed by atoms with Crippen LogP contribution in [0.3, 0.4) is 0 Å². The van der Waals surface area contributed by atoms with Gasteiger partial charge in [-0.25, -0.2) is 9.67 Å². The van der Waals surface area contributed by atoms with E-state index in [1.54, 1.807) is 16.0 Å². The fraction of sp³-hybridized carbons (Fsp3) is 0.636. The highest BCUT2D eigenvalue weighted by Crippen LogP contribution is 2.39. The van der Waals surface area contributed by atoms with Crippen LogP contribution < -0.4 is 0 Å². The molecule has 0 amide bonds. The second-order valence-electron chi connectivity index (χ2n) is 5.45. The van der Waals surface area contributed by atoms with Crippen LogP contribution >= 0.6 is 39.0 Å². The van der Waals surface area contributed by atoms with Gasteiger partial charge in [0.1, 0.15) is 0 Å². The van der Waals surface area contributed by atoms with Crippen molar-refractivity contribution in [3.8, 4) is 0 Å². The molecular formula is C11H16BrN5S2. The van der Waals surface area contributed by atoms with Crippen molar-refractivity contribution in [3.05, 3.63) is 9.48 Å². The molecule has 0 aromatic carbocycles. The maximum atomic E-state index is 4.68. The molecule has 0 bridgehead atoms. The van der Waals surface area contributed by atoms with Gasteiger partial charge < -0.3 is 0 Å². The smallest absolute Gasteiger partial charge is 0.216 e. The Bertz CT molecular complexity index is 570. The zero-order chi connectivity index (χ0) is 14.2. The van der Waals surface area contributed by atoms with Crippen LogP contribution in [0.15, 0.2) is 13.3 Å². The molecule has 0 atom stereocenters. The number of hydrogen-bond acceptors (Lipinski definition) is 6. The first kappa shape index (κ1) is 14.9. The molecular weight excluding hydrogens is 346 g/mol. The maximum absolute atomic E-state index is 4.68. The molecule has 19 heavy (non-hydrogen) atoms. The van der Waals surface area contributed by atoms with Gasteiger partial charge in [0.2, 0.25) is 5.16 Å². The Labute approximate surface area is 129 Å².